The maximum absolute atomic E-state index is 9.67. The average molecular weight is 536 g/mol. The zero-order chi connectivity index (χ0) is 26.9. The molecular weight excluding hydrogens is 498 g/mol. The zero-order valence-corrected chi connectivity index (χ0v) is 23.0. The van der Waals surface area contributed by atoms with Crippen LogP contribution in [0.15, 0.2) is 55.0 Å². The summed E-state index contributed by atoms with van der Waals surface area (Å²) in [4.78, 5) is 21.6. The number of anilines is 3. The van der Waals surface area contributed by atoms with Crippen molar-refractivity contribution in [2.24, 2.45) is 5.92 Å². The maximum Gasteiger partial charge on any atom is 0.225 e. The highest BCUT2D eigenvalue weighted by atomic mass is 15.3. The lowest BCUT2D eigenvalue weighted by atomic mass is 10.1. The third-order valence-corrected chi connectivity index (χ3v) is 9.17. The van der Waals surface area contributed by atoms with Crippen molar-refractivity contribution in [1.29, 1.82) is 5.26 Å². The van der Waals surface area contributed by atoms with E-state index in [1.165, 1.54) is 18.4 Å². The second-order valence-corrected chi connectivity index (χ2v) is 11.8. The van der Waals surface area contributed by atoms with E-state index in [0.29, 0.717) is 18.0 Å². The lowest BCUT2D eigenvalue weighted by molar-refractivity contribution is 0.0801. The largest absolute Gasteiger partial charge is 0.340 e. The van der Waals surface area contributed by atoms with Gasteiger partial charge in [0.1, 0.15) is 5.82 Å². The first-order valence-electron chi connectivity index (χ1n) is 14.7. The van der Waals surface area contributed by atoms with E-state index in [4.69, 9.17) is 9.97 Å². The molecule has 1 spiro atoms. The molecule has 9 heteroatoms. The highest BCUT2D eigenvalue weighted by Crippen LogP contribution is 2.41. The molecule has 0 amide bonds. The Bertz CT molecular complexity index is 1370. The summed E-state index contributed by atoms with van der Waals surface area (Å²) in [6.07, 6.45) is 10.0. The highest BCUT2D eigenvalue weighted by molar-refractivity contribution is 5.68. The van der Waals surface area contributed by atoms with E-state index in [2.05, 4.69) is 60.7 Å². The molecule has 8 bridgehead atoms. The molecule has 206 valence electrons. The number of nitriles is 1. The number of rotatable bonds is 0. The number of hydrogen-bond donors (Lipinski definition) is 2. The Morgan fingerprint density at radius 1 is 0.975 bits per heavy atom. The van der Waals surface area contributed by atoms with Gasteiger partial charge in [-0.05, 0) is 67.6 Å². The van der Waals surface area contributed by atoms with Crippen molar-refractivity contribution in [3.8, 4) is 17.2 Å². The fourth-order valence-corrected chi connectivity index (χ4v) is 6.70. The Balaban J connectivity index is 1.16. The number of piperazine rings is 1. The predicted molar refractivity (Wildman–Crippen MR) is 156 cm³/mol. The second kappa shape index (κ2) is 10.8. The van der Waals surface area contributed by atoms with Gasteiger partial charge in [-0.1, -0.05) is 12.1 Å². The predicted octanol–water partition coefficient (Wildman–Crippen LogP) is 3.64. The molecule has 6 aliphatic heterocycles. The van der Waals surface area contributed by atoms with E-state index in [1.54, 1.807) is 0 Å². The first-order valence-corrected chi connectivity index (χ1v) is 14.7. The van der Waals surface area contributed by atoms with E-state index in [0.717, 1.165) is 81.3 Å². The summed E-state index contributed by atoms with van der Waals surface area (Å²) < 4.78 is 0. The van der Waals surface area contributed by atoms with Crippen LogP contribution in [-0.4, -0.2) is 82.1 Å². The van der Waals surface area contributed by atoms with Crippen molar-refractivity contribution in [2.75, 3.05) is 56.0 Å². The van der Waals surface area contributed by atoms with Gasteiger partial charge >= 0.3 is 0 Å². The van der Waals surface area contributed by atoms with Gasteiger partial charge in [0.05, 0.1) is 12.0 Å². The van der Waals surface area contributed by atoms with Crippen LogP contribution in [0, 0.1) is 17.2 Å². The molecule has 2 aromatic heterocycles. The van der Waals surface area contributed by atoms with Crippen molar-refractivity contribution in [3.05, 3.63) is 60.6 Å². The van der Waals surface area contributed by atoms with Crippen LogP contribution in [0.2, 0.25) is 0 Å². The molecule has 2 atom stereocenters. The molecule has 1 aliphatic carbocycles. The lowest BCUT2D eigenvalue weighted by Crippen LogP contribution is -2.54. The van der Waals surface area contributed by atoms with E-state index in [1.807, 2.05) is 30.7 Å². The van der Waals surface area contributed by atoms with Crippen LogP contribution in [0.3, 0.4) is 0 Å². The minimum Gasteiger partial charge on any atom is -0.340 e. The molecule has 9 nitrogen and oxygen atoms in total. The van der Waals surface area contributed by atoms with Gasteiger partial charge in [-0.15, -0.1) is 0 Å². The molecule has 7 aliphatic rings. The van der Waals surface area contributed by atoms with Crippen molar-refractivity contribution in [3.63, 3.8) is 0 Å². The quantitative estimate of drug-likeness (QED) is 0.447. The van der Waals surface area contributed by atoms with Gasteiger partial charge in [-0.3, -0.25) is 9.80 Å². The molecule has 0 radical (unpaired) electrons. The molecule has 3 fully saturated rings. The van der Waals surface area contributed by atoms with Crippen LogP contribution >= 0.6 is 0 Å². The summed E-state index contributed by atoms with van der Waals surface area (Å²) in [7, 11) is 0. The Hall–Kier alpha value is -3.58. The van der Waals surface area contributed by atoms with Gasteiger partial charge in [0.25, 0.3) is 0 Å². The first-order chi connectivity index (χ1) is 19.7. The number of nitrogens with one attached hydrogen (secondary N) is 2. The molecule has 40 heavy (non-hydrogen) atoms. The van der Waals surface area contributed by atoms with Gasteiger partial charge in [0.2, 0.25) is 5.95 Å². The average Bonchev–Trinajstić information content (AvgIpc) is 3.67. The normalized spacial score (nSPS) is 27.5. The van der Waals surface area contributed by atoms with Gasteiger partial charge in [0.15, 0.2) is 0 Å². The fourth-order valence-electron chi connectivity index (χ4n) is 6.70. The molecule has 2 unspecified atom stereocenters. The van der Waals surface area contributed by atoms with Gasteiger partial charge in [-0.25, -0.2) is 15.0 Å². The fraction of sp³-hybridized carbons (Fsp3) is 0.484. The molecule has 3 aromatic rings. The SMILES string of the molecule is N#CC1CC2CCNCC3(CC3)N3CCN(CC3)Cc3cccc(c3)Nc3cc(ccn3)-c3cnc(nc3)N2C1. The van der Waals surface area contributed by atoms with E-state index < -0.39 is 0 Å². The van der Waals surface area contributed by atoms with Crippen LogP contribution < -0.4 is 15.5 Å². The third-order valence-electron chi connectivity index (χ3n) is 9.17. The highest BCUT2D eigenvalue weighted by Gasteiger charge is 2.48. The monoisotopic (exact) mass is 535 g/mol. The zero-order valence-electron chi connectivity index (χ0n) is 23.0. The Morgan fingerprint density at radius 3 is 2.62 bits per heavy atom. The summed E-state index contributed by atoms with van der Waals surface area (Å²) in [5, 5.41) is 17.0. The van der Waals surface area contributed by atoms with Crippen molar-refractivity contribution < 1.29 is 0 Å². The summed E-state index contributed by atoms with van der Waals surface area (Å²) >= 11 is 0. The Kier molecular flexibility index (Phi) is 6.84. The van der Waals surface area contributed by atoms with Crippen molar-refractivity contribution >= 4 is 17.5 Å². The number of hydrogen-bond acceptors (Lipinski definition) is 9. The molecule has 8 heterocycles. The lowest BCUT2D eigenvalue weighted by Gasteiger charge is -2.40. The summed E-state index contributed by atoms with van der Waals surface area (Å²) in [6.45, 7) is 8.12. The first kappa shape index (κ1) is 25.4. The van der Waals surface area contributed by atoms with Crippen LogP contribution in [0.4, 0.5) is 17.5 Å². The number of pyridine rings is 1. The molecule has 2 saturated heterocycles. The van der Waals surface area contributed by atoms with Crippen molar-refractivity contribution in [2.45, 2.75) is 43.8 Å². The standard InChI is InChI=1S/C31H37N9/c32-17-24-15-28-5-8-33-22-31(6-7-31)39-12-10-38(11-13-39)20-23-2-1-3-27(14-23)37-29-16-25(4-9-34-29)26-18-35-30(36-19-26)40(28)21-24/h1-4,9,14,16,18-19,24,28,33H,5-8,10-13,15,20-22H2,(H,34,37). The maximum atomic E-state index is 9.67. The molecule has 10 rings (SSSR count). The van der Waals surface area contributed by atoms with Gasteiger partial charge < -0.3 is 15.5 Å². The Labute approximate surface area is 236 Å². The molecule has 2 N–H and O–H groups in total. The van der Waals surface area contributed by atoms with E-state index in [9.17, 15) is 5.26 Å². The summed E-state index contributed by atoms with van der Waals surface area (Å²) in [6, 6.07) is 15.5. The van der Waals surface area contributed by atoms with Crippen LogP contribution in [0.5, 0.6) is 0 Å². The number of benzene rings is 1. The van der Waals surface area contributed by atoms with E-state index in [-0.39, 0.29) is 12.0 Å². The molecule has 1 saturated carbocycles. The van der Waals surface area contributed by atoms with E-state index >= 15 is 0 Å². The second-order valence-electron chi connectivity index (χ2n) is 11.8. The van der Waals surface area contributed by atoms with Gasteiger partial charge in [-0.2, -0.15) is 5.26 Å². The third kappa shape index (κ3) is 5.27. The van der Waals surface area contributed by atoms with Crippen molar-refractivity contribution in [1.82, 2.24) is 30.1 Å². The smallest absolute Gasteiger partial charge is 0.225 e. The number of aromatic nitrogens is 3. The molecular formula is C31H37N9. The molecule has 1 aromatic carbocycles. The van der Waals surface area contributed by atoms with Crippen LogP contribution in [-0.2, 0) is 6.54 Å². The van der Waals surface area contributed by atoms with Gasteiger partial charge in [0, 0.05) is 87.2 Å². The van der Waals surface area contributed by atoms with Crippen LogP contribution in [0.25, 0.3) is 11.1 Å². The Morgan fingerprint density at radius 2 is 1.82 bits per heavy atom. The minimum absolute atomic E-state index is 0.0187. The van der Waals surface area contributed by atoms with Crippen LogP contribution in [0.1, 0.15) is 31.2 Å². The topological polar surface area (TPSA) is 96.2 Å². The number of nitrogens with zero attached hydrogens (tertiary/aromatic N) is 7. The minimum atomic E-state index is 0.0187. The summed E-state index contributed by atoms with van der Waals surface area (Å²) in [5.41, 5.74) is 4.65. The summed E-state index contributed by atoms with van der Waals surface area (Å²) in [5.74, 6) is 1.53.